The molecule has 1 N–H and O–H groups in total. The molecule has 3 heteroatoms. The number of hydrogen-bond donors (Lipinski definition) is 1. The van der Waals surface area contributed by atoms with Gasteiger partial charge in [-0.25, -0.2) is 0 Å². The second-order valence-corrected chi connectivity index (χ2v) is 4.57. The van der Waals surface area contributed by atoms with E-state index in [0.717, 1.165) is 6.42 Å². The van der Waals surface area contributed by atoms with Crippen LogP contribution in [0.3, 0.4) is 0 Å². The molecule has 0 aromatic heterocycles. The van der Waals surface area contributed by atoms with Gasteiger partial charge in [0.05, 0.1) is 6.10 Å². The van der Waals surface area contributed by atoms with E-state index in [1.807, 2.05) is 6.92 Å². The summed E-state index contributed by atoms with van der Waals surface area (Å²) < 4.78 is 10.9. The highest BCUT2D eigenvalue weighted by atomic mass is 16.7. The van der Waals surface area contributed by atoms with E-state index in [1.54, 1.807) is 14.0 Å². The normalized spacial score (nSPS) is 45.4. The minimum Gasteiger partial charge on any atom is -0.384 e. The van der Waals surface area contributed by atoms with Crippen molar-refractivity contribution in [3.8, 4) is 0 Å². The Kier molecular flexibility index (Phi) is 3.56. The minimum atomic E-state index is -0.872. The van der Waals surface area contributed by atoms with Crippen molar-refractivity contribution in [2.24, 2.45) is 11.8 Å². The van der Waals surface area contributed by atoms with Crippen LogP contribution in [0.5, 0.6) is 0 Å². The first-order valence-corrected chi connectivity index (χ1v) is 5.35. The van der Waals surface area contributed by atoms with Gasteiger partial charge in [-0.1, -0.05) is 27.2 Å². The number of hydrogen-bond acceptors (Lipinski definition) is 3. The van der Waals surface area contributed by atoms with E-state index in [4.69, 9.17) is 9.47 Å². The Labute approximate surface area is 86.4 Å². The predicted octanol–water partition coefficient (Wildman–Crippen LogP) is 1.79. The molecule has 0 radical (unpaired) electrons. The zero-order chi connectivity index (χ0) is 10.9. The van der Waals surface area contributed by atoms with Crippen molar-refractivity contribution < 1.29 is 14.6 Å². The summed E-state index contributed by atoms with van der Waals surface area (Å²) in [4.78, 5) is 0. The average molecular weight is 202 g/mol. The Morgan fingerprint density at radius 1 is 1.57 bits per heavy atom. The summed E-state index contributed by atoms with van der Waals surface area (Å²) in [6.07, 6.45) is 0.665. The van der Waals surface area contributed by atoms with Gasteiger partial charge in [-0.05, 0) is 12.8 Å². The van der Waals surface area contributed by atoms with E-state index < -0.39 is 11.9 Å². The van der Waals surface area contributed by atoms with Crippen LogP contribution < -0.4 is 0 Å². The van der Waals surface area contributed by atoms with Crippen molar-refractivity contribution in [3.05, 3.63) is 0 Å². The molecule has 0 saturated carbocycles. The lowest BCUT2D eigenvalue weighted by Crippen LogP contribution is -2.41. The molecule has 1 rings (SSSR count). The smallest absolute Gasteiger partial charge is 0.186 e. The average Bonchev–Trinajstić information content (AvgIpc) is 2.38. The number of rotatable bonds is 3. The molecule has 0 amide bonds. The highest BCUT2D eigenvalue weighted by Gasteiger charge is 2.51. The van der Waals surface area contributed by atoms with E-state index in [9.17, 15) is 5.11 Å². The summed E-state index contributed by atoms with van der Waals surface area (Å²) in [6.45, 7) is 8.09. The summed E-state index contributed by atoms with van der Waals surface area (Å²) in [5.74, 6) is 0.569. The van der Waals surface area contributed by atoms with Crippen LogP contribution in [0.25, 0.3) is 0 Å². The Morgan fingerprint density at radius 3 is 2.50 bits per heavy atom. The number of methoxy groups -OCH3 is 1. The fraction of sp³-hybridized carbons (Fsp3) is 1.00. The molecule has 1 aliphatic rings. The summed E-state index contributed by atoms with van der Waals surface area (Å²) >= 11 is 0. The van der Waals surface area contributed by atoms with Crippen LogP contribution >= 0.6 is 0 Å². The van der Waals surface area contributed by atoms with Gasteiger partial charge in [0, 0.05) is 13.0 Å². The summed E-state index contributed by atoms with van der Waals surface area (Å²) in [7, 11) is 1.57. The van der Waals surface area contributed by atoms with E-state index in [1.165, 1.54) is 0 Å². The van der Waals surface area contributed by atoms with Gasteiger partial charge in [-0.15, -0.1) is 0 Å². The molecule has 0 aliphatic carbocycles. The zero-order valence-corrected chi connectivity index (χ0v) is 9.78. The van der Waals surface area contributed by atoms with Crippen molar-refractivity contribution in [2.75, 3.05) is 7.11 Å². The highest BCUT2D eigenvalue weighted by Crippen LogP contribution is 2.39. The molecule has 5 atom stereocenters. The van der Waals surface area contributed by atoms with Crippen molar-refractivity contribution in [2.45, 2.75) is 52.1 Å². The molecule has 84 valence electrons. The zero-order valence-electron chi connectivity index (χ0n) is 9.78. The van der Waals surface area contributed by atoms with Gasteiger partial charge in [-0.2, -0.15) is 0 Å². The SMILES string of the molecule is CCC(C)[C@H]1O[C@H](OC)[C@@](C)(O)[C@@H]1C. The van der Waals surface area contributed by atoms with Gasteiger partial charge in [0.1, 0.15) is 5.60 Å². The van der Waals surface area contributed by atoms with Crippen molar-refractivity contribution in [1.82, 2.24) is 0 Å². The molecule has 0 aromatic carbocycles. The van der Waals surface area contributed by atoms with Crippen molar-refractivity contribution in [1.29, 1.82) is 0 Å². The molecule has 1 heterocycles. The maximum Gasteiger partial charge on any atom is 0.186 e. The van der Waals surface area contributed by atoms with E-state index >= 15 is 0 Å². The maximum atomic E-state index is 10.2. The predicted molar refractivity (Wildman–Crippen MR) is 54.9 cm³/mol. The Balaban J connectivity index is 2.76. The lowest BCUT2D eigenvalue weighted by Gasteiger charge is -2.27. The maximum absolute atomic E-state index is 10.2. The summed E-state index contributed by atoms with van der Waals surface area (Å²) in [6, 6.07) is 0. The molecule has 0 spiro atoms. The molecule has 0 aromatic rings. The topological polar surface area (TPSA) is 38.7 Å². The van der Waals surface area contributed by atoms with Gasteiger partial charge in [-0.3, -0.25) is 0 Å². The fourth-order valence-corrected chi connectivity index (χ4v) is 2.10. The monoisotopic (exact) mass is 202 g/mol. The quantitative estimate of drug-likeness (QED) is 0.758. The van der Waals surface area contributed by atoms with Crippen LogP contribution in [0.4, 0.5) is 0 Å². The van der Waals surface area contributed by atoms with Gasteiger partial charge in [0.2, 0.25) is 0 Å². The second-order valence-electron chi connectivity index (χ2n) is 4.57. The summed E-state index contributed by atoms with van der Waals surface area (Å²) in [5, 5.41) is 10.2. The Morgan fingerprint density at radius 2 is 2.14 bits per heavy atom. The Hall–Kier alpha value is -0.120. The van der Waals surface area contributed by atoms with Crippen LogP contribution in [0, 0.1) is 11.8 Å². The molecule has 1 aliphatic heterocycles. The van der Waals surface area contributed by atoms with Crippen LogP contribution in [-0.4, -0.2) is 30.2 Å². The molecule has 3 nitrogen and oxygen atoms in total. The minimum absolute atomic E-state index is 0.0972. The lowest BCUT2D eigenvalue weighted by atomic mass is 9.83. The number of aliphatic hydroxyl groups is 1. The first-order valence-electron chi connectivity index (χ1n) is 5.35. The fourth-order valence-electron chi connectivity index (χ4n) is 2.10. The van der Waals surface area contributed by atoms with Crippen molar-refractivity contribution >= 4 is 0 Å². The lowest BCUT2D eigenvalue weighted by molar-refractivity contribution is -0.185. The molecular formula is C11H22O3. The molecule has 1 unspecified atom stereocenters. The third kappa shape index (κ3) is 1.81. The molecule has 0 bridgehead atoms. The largest absolute Gasteiger partial charge is 0.384 e. The standard InChI is InChI=1S/C11H22O3/c1-6-7(2)9-8(3)11(4,12)10(13-5)14-9/h7-10,12H,6H2,1-5H3/t7?,8-,9-,10+,11+/m1/s1. The molecular weight excluding hydrogens is 180 g/mol. The third-order valence-electron chi connectivity index (χ3n) is 3.59. The van der Waals surface area contributed by atoms with Crippen LogP contribution in [-0.2, 0) is 9.47 Å². The van der Waals surface area contributed by atoms with E-state index in [2.05, 4.69) is 13.8 Å². The van der Waals surface area contributed by atoms with Crippen LogP contribution in [0.1, 0.15) is 34.1 Å². The van der Waals surface area contributed by atoms with Crippen molar-refractivity contribution in [3.63, 3.8) is 0 Å². The van der Waals surface area contributed by atoms with Gasteiger partial charge >= 0.3 is 0 Å². The second kappa shape index (κ2) is 4.17. The Bertz CT molecular complexity index is 191. The van der Waals surface area contributed by atoms with Gasteiger partial charge < -0.3 is 14.6 Å². The van der Waals surface area contributed by atoms with E-state index in [-0.39, 0.29) is 12.0 Å². The number of ether oxygens (including phenoxy) is 2. The van der Waals surface area contributed by atoms with Crippen LogP contribution in [0.2, 0.25) is 0 Å². The molecule has 14 heavy (non-hydrogen) atoms. The van der Waals surface area contributed by atoms with Crippen LogP contribution in [0.15, 0.2) is 0 Å². The van der Waals surface area contributed by atoms with E-state index in [0.29, 0.717) is 5.92 Å². The molecule has 1 fully saturated rings. The van der Waals surface area contributed by atoms with Gasteiger partial charge in [0.15, 0.2) is 6.29 Å². The molecule has 1 saturated heterocycles. The van der Waals surface area contributed by atoms with Gasteiger partial charge in [0.25, 0.3) is 0 Å². The first kappa shape index (κ1) is 12.0. The summed E-state index contributed by atoms with van der Waals surface area (Å²) in [5.41, 5.74) is -0.872. The third-order valence-corrected chi connectivity index (χ3v) is 3.59. The highest BCUT2D eigenvalue weighted by molar-refractivity contribution is 4.95. The first-order chi connectivity index (χ1) is 6.45.